The van der Waals surface area contributed by atoms with Crippen LogP contribution in [0, 0.1) is 0 Å². The third-order valence-corrected chi connectivity index (χ3v) is 11.3. The van der Waals surface area contributed by atoms with E-state index in [2.05, 4.69) is 254 Å². The number of hydrogen-bond acceptors (Lipinski definition) is 1. The average Bonchev–Trinajstić information content (AvgIpc) is 3.33. The summed E-state index contributed by atoms with van der Waals surface area (Å²) in [5.41, 5.74) is 17.6. The lowest BCUT2D eigenvalue weighted by atomic mass is 9.88. The zero-order valence-electron chi connectivity index (χ0n) is 32.6. The molecule has 59 heavy (non-hydrogen) atoms. The zero-order chi connectivity index (χ0) is 39.4. The molecule has 10 aromatic rings. The minimum absolute atomic E-state index is 1.09. The second-order valence-corrected chi connectivity index (χ2v) is 14.9. The summed E-state index contributed by atoms with van der Waals surface area (Å²) in [5, 5.41) is 2.51. The first-order valence-electron chi connectivity index (χ1n) is 20.3. The van der Waals surface area contributed by atoms with Gasteiger partial charge in [-0.15, -0.1) is 0 Å². The van der Waals surface area contributed by atoms with Crippen LogP contribution >= 0.6 is 0 Å². The third-order valence-electron chi connectivity index (χ3n) is 11.3. The summed E-state index contributed by atoms with van der Waals surface area (Å²) in [5.74, 6) is 0. The van der Waals surface area contributed by atoms with E-state index in [0.717, 1.165) is 22.6 Å². The Morgan fingerprint density at radius 1 is 0.203 bits per heavy atom. The molecule has 0 aliphatic carbocycles. The highest BCUT2D eigenvalue weighted by atomic mass is 15.1. The highest BCUT2D eigenvalue weighted by Crippen LogP contribution is 2.45. The summed E-state index contributed by atoms with van der Waals surface area (Å²) in [6, 6.07) is 89.8. The molecule has 0 spiro atoms. The van der Waals surface area contributed by atoms with Crippen molar-refractivity contribution in [3.63, 3.8) is 0 Å². The molecule has 0 saturated carbocycles. The molecule has 0 aliphatic rings. The Hall–Kier alpha value is -7.74. The molecule has 0 radical (unpaired) electrons. The van der Waals surface area contributed by atoms with Crippen LogP contribution in [0.4, 0.5) is 17.1 Å². The third kappa shape index (κ3) is 7.23. The van der Waals surface area contributed by atoms with Crippen LogP contribution in [-0.2, 0) is 0 Å². The van der Waals surface area contributed by atoms with Crippen LogP contribution in [0.1, 0.15) is 0 Å². The highest BCUT2D eigenvalue weighted by molar-refractivity contribution is 5.97. The summed E-state index contributed by atoms with van der Waals surface area (Å²) in [6.45, 7) is 0. The normalized spacial score (nSPS) is 11.1. The summed E-state index contributed by atoms with van der Waals surface area (Å²) < 4.78 is 0. The largest absolute Gasteiger partial charge is 0.310 e. The molecule has 0 N–H and O–H groups in total. The van der Waals surface area contributed by atoms with Crippen LogP contribution in [0.15, 0.2) is 249 Å². The average molecular weight is 752 g/mol. The molecule has 1 nitrogen and oxygen atoms in total. The molecule has 10 rings (SSSR count). The number of nitrogens with zero attached hydrogens (tertiary/aromatic N) is 1. The fraction of sp³-hybridized carbons (Fsp3) is 0. The molecule has 0 amide bonds. The van der Waals surface area contributed by atoms with Gasteiger partial charge in [-0.25, -0.2) is 0 Å². The summed E-state index contributed by atoms with van der Waals surface area (Å²) in [4.78, 5) is 2.40. The number of fused-ring (bicyclic) bond motifs is 1. The molecule has 0 saturated heterocycles. The Labute approximate surface area is 346 Å². The summed E-state index contributed by atoms with van der Waals surface area (Å²) in [6.07, 6.45) is 0. The van der Waals surface area contributed by atoms with Crippen molar-refractivity contribution in [3.8, 4) is 66.8 Å². The zero-order valence-corrected chi connectivity index (χ0v) is 32.6. The first-order valence-corrected chi connectivity index (χ1v) is 20.3. The molecule has 1 heteroatoms. The van der Waals surface area contributed by atoms with Crippen molar-refractivity contribution in [3.05, 3.63) is 249 Å². The molecule has 0 fully saturated rings. The predicted molar refractivity (Wildman–Crippen MR) is 251 cm³/mol. The minimum Gasteiger partial charge on any atom is -0.310 e. The maximum atomic E-state index is 2.40. The van der Waals surface area contributed by atoms with Crippen molar-refractivity contribution in [2.75, 3.05) is 4.90 Å². The fourth-order valence-corrected chi connectivity index (χ4v) is 8.32. The smallest absolute Gasteiger partial charge is 0.0540 e. The van der Waals surface area contributed by atoms with Crippen LogP contribution in [-0.4, -0.2) is 0 Å². The van der Waals surface area contributed by atoms with Crippen LogP contribution in [0.3, 0.4) is 0 Å². The molecule has 10 aromatic carbocycles. The van der Waals surface area contributed by atoms with Gasteiger partial charge < -0.3 is 4.90 Å². The van der Waals surface area contributed by atoms with E-state index in [1.165, 1.54) is 72.0 Å². The maximum absolute atomic E-state index is 2.40. The van der Waals surface area contributed by atoms with Gasteiger partial charge in [0.25, 0.3) is 0 Å². The van der Waals surface area contributed by atoms with E-state index in [0.29, 0.717) is 0 Å². The van der Waals surface area contributed by atoms with Crippen LogP contribution in [0.25, 0.3) is 77.5 Å². The molecule has 0 heterocycles. The first kappa shape index (κ1) is 35.7. The molecule has 0 aromatic heterocycles. The van der Waals surface area contributed by atoms with Gasteiger partial charge >= 0.3 is 0 Å². The summed E-state index contributed by atoms with van der Waals surface area (Å²) in [7, 11) is 0. The molecular weight excluding hydrogens is 711 g/mol. The second-order valence-electron chi connectivity index (χ2n) is 14.9. The second kappa shape index (κ2) is 16.0. The Morgan fingerprint density at radius 3 is 1.14 bits per heavy atom. The lowest BCUT2D eigenvalue weighted by Crippen LogP contribution is -2.11. The van der Waals surface area contributed by atoms with Gasteiger partial charge in [-0.2, -0.15) is 0 Å². The monoisotopic (exact) mass is 751 g/mol. The van der Waals surface area contributed by atoms with E-state index in [4.69, 9.17) is 0 Å². The molecule has 0 atom stereocenters. The van der Waals surface area contributed by atoms with Crippen molar-refractivity contribution >= 4 is 27.8 Å². The van der Waals surface area contributed by atoms with Crippen LogP contribution in [0.5, 0.6) is 0 Å². The SMILES string of the molecule is c1ccc(-c2ccc(N(c3ccc(-c4ccc(-c5ccc6ccccc6c5)cc4)cc3)c3ccccc3-c3ccccc3-c3ccccc3-c3ccccc3)cc2)cc1. The van der Waals surface area contributed by atoms with E-state index in [1.807, 2.05) is 0 Å². The molecule has 0 unspecified atom stereocenters. The molecule has 0 aliphatic heterocycles. The van der Waals surface area contributed by atoms with Gasteiger partial charge in [-0.3, -0.25) is 0 Å². The Balaban J connectivity index is 1.05. The van der Waals surface area contributed by atoms with E-state index >= 15 is 0 Å². The van der Waals surface area contributed by atoms with E-state index in [-0.39, 0.29) is 0 Å². The van der Waals surface area contributed by atoms with Crippen molar-refractivity contribution in [2.45, 2.75) is 0 Å². The predicted octanol–water partition coefficient (Wildman–Crippen LogP) is 16.3. The van der Waals surface area contributed by atoms with E-state index in [1.54, 1.807) is 0 Å². The van der Waals surface area contributed by atoms with Gasteiger partial charge in [0.05, 0.1) is 5.69 Å². The molecule has 278 valence electrons. The van der Waals surface area contributed by atoms with Crippen LogP contribution in [0.2, 0.25) is 0 Å². The Bertz CT molecular complexity index is 3000. The molecular formula is C58H41N. The highest BCUT2D eigenvalue weighted by Gasteiger charge is 2.20. The van der Waals surface area contributed by atoms with Crippen molar-refractivity contribution in [2.24, 2.45) is 0 Å². The Kier molecular flexibility index (Phi) is 9.68. The van der Waals surface area contributed by atoms with Gasteiger partial charge in [0.15, 0.2) is 0 Å². The lowest BCUT2D eigenvalue weighted by Gasteiger charge is -2.29. The van der Waals surface area contributed by atoms with Crippen molar-refractivity contribution in [1.29, 1.82) is 0 Å². The van der Waals surface area contributed by atoms with Gasteiger partial charge in [0.2, 0.25) is 0 Å². The number of para-hydroxylation sites is 1. The number of anilines is 3. The Morgan fingerprint density at radius 2 is 0.559 bits per heavy atom. The van der Waals surface area contributed by atoms with Gasteiger partial charge in [0, 0.05) is 16.9 Å². The van der Waals surface area contributed by atoms with Gasteiger partial charge in [0.1, 0.15) is 0 Å². The van der Waals surface area contributed by atoms with Gasteiger partial charge in [-0.1, -0.05) is 212 Å². The lowest BCUT2D eigenvalue weighted by molar-refractivity contribution is 1.28. The molecule has 0 bridgehead atoms. The number of hydrogen-bond donors (Lipinski definition) is 0. The van der Waals surface area contributed by atoms with E-state index in [9.17, 15) is 0 Å². The first-order chi connectivity index (χ1) is 29.3. The van der Waals surface area contributed by atoms with Crippen LogP contribution < -0.4 is 4.90 Å². The quantitative estimate of drug-likeness (QED) is 0.142. The standard InChI is InChI=1S/C58H41N/c1-3-15-42(16-4-1)45-33-37-51(38-34-45)59(52-39-35-46(36-40-52)44-27-29-47(30-28-44)50-32-31-43-17-7-8-20-49(43)41-50)58-26-14-13-25-57(58)56-24-12-11-23-55(56)54-22-10-9-21-53(54)48-18-5-2-6-19-48/h1-41H. The van der Waals surface area contributed by atoms with Crippen molar-refractivity contribution in [1.82, 2.24) is 0 Å². The summed E-state index contributed by atoms with van der Waals surface area (Å²) >= 11 is 0. The minimum atomic E-state index is 1.09. The number of benzene rings is 10. The van der Waals surface area contributed by atoms with E-state index < -0.39 is 0 Å². The fourth-order valence-electron chi connectivity index (χ4n) is 8.32. The van der Waals surface area contributed by atoms with Gasteiger partial charge in [-0.05, 0) is 108 Å². The maximum Gasteiger partial charge on any atom is 0.0540 e. The number of rotatable bonds is 9. The topological polar surface area (TPSA) is 3.24 Å². The van der Waals surface area contributed by atoms with Crippen molar-refractivity contribution < 1.29 is 0 Å².